The van der Waals surface area contributed by atoms with Crippen LogP contribution in [-0.4, -0.2) is 42.5 Å². The number of hydrogen-bond acceptors (Lipinski definition) is 3. The lowest BCUT2D eigenvalue weighted by Gasteiger charge is -2.29. The Balaban J connectivity index is 2.35. The molecule has 2 atom stereocenters. The highest BCUT2D eigenvalue weighted by Gasteiger charge is 2.21. The molecule has 1 saturated heterocycles. The predicted octanol–water partition coefficient (Wildman–Crippen LogP) is 1.85. The number of ketones is 1. The number of carbonyl (C=O) groups excluding carboxylic acids is 1. The van der Waals surface area contributed by atoms with Gasteiger partial charge in [0.25, 0.3) is 0 Å². The van der Waals surface area contributed by atoms with Gasteiger partial charge in [0.2, 0.25) is 0 Å². The lowest BCUT2D eigenvalue weighted by atomic mass is 10.1. The molecule has 1 fully saturated rings. The van der Waals surface area contributed by atoms with Crippen molar-refractivity contribution in [2.75, 3.05) is 19.7 Å². The van der Waals surface area contributed by atoms with Gasteiger partial charge in [0, 0.05) is 25.6 Å². The van der Waals surface area contributed by atoms with E-state index in [2.05, 4.69) is 18.7 Å². The summed E-state index contributed by atoms with van der Waals surface area (Å²) in [5.74, 6) is 0.272. The first-order valence-corrected chi connectivity index (χ1v) is 5.98. The Bertz CT molecular complexity index is 200. The highest BCUT2D eigenvalue weighted by molar-refractivity contribution is 5.76. The minimum absolute atomic E-state index is 0.272. The summed E-state index contributed by atoms with van der Waals surface area (Å²) in [6.07, 6.45) is 3.40. The average Bonchev–Trinajstić information content (AvgIpc) is 2.65. The zero-order valence-electron chi connectivity index (χ0n) is 10.2. The monoisotopic (exact) mass is 213 g/mol. The third kappa shape index (κ3) is 4.31. The zero-order valence-corrected chi connectivity index (χ0v) is 10.2. The molecule has 1 aliphatic heterocycles. The topological polar surface area (TPSA) is 29.5 Å². The molecule has 0 aromatic rings. The van der Waals surface area contributed by atoms with Crippen molar-refractivity contribution in [3.8, 4) is 0 Å². The Kier molecular flexibility index (Phi) is 5.26. The van der Waals surface area contributed by atoms with Crippen molar-refractivity contribution < 1.29 is 9.53 Å². The maximum atomic E-state index is 11.1. The fourth-order valence-corrected chi connectivity index (χ4v) is 2.22. The second-order valence-electron chi connectivity index (χ2n) is 4.48. The van der Waals surface area contributed by atoms with Crippen LogP contribution in [-0.2, 0) is 9.53 Å². The molecule has 0 amide bonds. The van der Waals surface area contributed by atoms with Crippen molar-refractivity contribution in [1.82, 2.24) is 4.90 Å². The molecule has 88 valence electrons. The van der Waals surface area contributed by atoms with Gasteiger partial charge in [-0.1, -0.05) is 6.92 Å². The van der Waals surface area contributed by atoms with Gasteiger partial charge < -0.3 is 4.74 Å². The van der Waals surface area contributed by atoms with Crippen LogP contribution in [0.5, 0.6) is 0 Å². The molecular weight excluding hydrogens is 190 g/mol. The van der Waals surface area contributed by atoms with Gasteiger partial charge >= 0.3 is 0 Å². The van der Waals surface area contributed by atoms with E-state index in [1.807, 2.05) is 0 Å². The van der Waals surface area contributed by atoms with Crippen molar-refractivity contribution in [2.45, 2.75) is 52.2 Å². The molecule has 0 N–H and O–H groups in total. The van der Waals surface area contributed by atoms with Gasteiger partial charge in [-0.05, 0) is 33.2 Å². The number of likely N-dealkylation sites (N-methyl/N-ethyl adjacent to an activating group) is 1. The predicted molar refractivity (Wildman–Crippen MR) is 61.0 cm³/mol. The van der Waals surface area contributed by atoms with Crippen LogP contribution in [0.3, 0.4) is 0 Å². The quantitative estimate of drug-likeness (QED) is 0.674. The summed E-state index contributed by atoms with van der Waals surface area (Å²) in [6, 6.07) is 0.344. The summed E-state index contributed by atoms with van der Waals surface area (Å²) in [7, 11) is 0. The lowest BCUT2D eigenvalue weighted by molar-refractivity contribution is -0.118. The van der Waals surface area contributed by atoms with Crippen molar-refractivity contribution in [3.63, 3.8) is 0 Å². The fraction of sp³-hybridized carbons (Fsp3) is 0.917. The second-order valence-corrected chi connectivity index (χ2v) is 4.48. The Morgan fingerprint density at radius 1 is 1.60 bits per heavy atom. The number of nitrogens with zero attached hydrogens (tertiary/aromatic N) is 1. The number of hydrogen-bond donors (Lipinski definition) is 0. The van der Waals surface area contributed by atoms with Gasteiger partial charge in [0.15, 0.2) is 0 Å². The molecule has 1 aliphatic rings. The summed E-state index contributed by atoms with van der Waals surface area (Å²) < 4.78 is 5.61. The van der Waals surface area contributed by atoms with Crippen LogP contribution in [0.25, 0.3) is 0 Å². The summed E-state index contributed by atoms with van der Waals surface area (Å²) in [5, 5.41) is 0. The van der Waals surface area contributed by atoms with Gasteiger partial charge in [-0.15, -0.1) is 0 Å². The zero-order chi connectivity index (χ0) is 11.3. The molecule has 0 bridgehead atoms. The number of Topliss-reactive ketones (excluding diaryl/α,β-unsaturated/α-hetero) is 1. The highest BCUT2D eigenvalue weighted by atomic mass is 16.5. The summed E-state index contributed by atoms with van der Waals surface area (Å²) in [5.41, 5.74) is 0. The molecule has 0 aromatic carbocycles. The van der Waals surface area contributed by atoms with E-state index >= 15 is 0 Å². The van der Waals surface area contributed by atoms with E-state index in [9.17, 15) is 4.79 Å². The molecule has 0 aromatic heterocycles. The standard InChI is InChI=1S/C12H23NO2/c1-4-13(10(2)8-11(3)14)9-12-6-5-7-15-12/h10,12H,4-9H2,1-3H3. The number of carbonyl (C=O) groups is 1. The minimum Gasteiger partial charge on any atom is -0.377 e. The molecule has 15 heavy (non-hydrogen) atoms. The van der Waals surface area contributed by atoms with Crippen LogP contribution < -0.4 is 0 Å². The number of ether oxygens (including phenoxy) is 1. The molecule has 0 saturated carbocycles. The molecule has 0 aliphatic carbocycles. The average molecular weight is 213 g/mol. The van der Waals surface area contributed by atoms with Gasteiger partial charge in [-0.25, -0.2) is 0 Å². The van der Waals surface area contributed by atoms with E-state index in [0.717, 1.165) is 19.7 Å². The van der Waals surface area contributed by atoms with Crippen LogP contribution >= 0.6 is 0 Å². The largest absolute Gasteiger partial charge is 0.377 e. The van der Waals surface area contributed by atoms with Crippen LogP contribution in [0, 0.1) is 0 Å². The molecular formula is C12H23NO2. The highest BCUT2D eigenvalue weighted by Crippen LogP contribution is 2.15. The van der Waals surface area contributed by atoms with Gasteiger partial charge in [0.05, 0.1) is 6.10 Å². The van der Waals surface area contributed by atoms with Crippen molar-refractivity contribution in [1.29, 1.82) is 0 Å². The first-order valence-electron chi connectivity index (χ1n) is 5.98. The van der Waals surface area contributed by atoms with Crippen molar-refractivity contribution in [2.24, 2.45) is 0 Å². The van der Waals surface area contributed by atoms with Crippen LogP contribution in [0.4, 0.5) is 0 Å². The Labute approximate surface area is 92.8 Å². The van der Waals surface area contributed by atoms with Crippen molar-refractivity contribution >= 4 is 5.78 Å². The van der Waals surface area contributed by atoms with Crippen LogP contribution in [0.2, 0.25) is 0 Å². The molecule has 2 unspecified atom stereocenters. The first kappa shape index (κ1) is 12.7. The van der Waals surface area contributed by atoms with E-state index in [1.54, 1.807) is 6.92 Å². The Hall–Kier alpha value is -0.410. The fourth-order valence-electron chi connectivity index (χ4n) is 2.22. The third-order valence-corrected chi connectivity index (χ3v) is 3.07. The molecule has 1 rings (SSSR count). The normalized spacial score (nSPS) is 23.3. The maximum Gasteiger partial charge on any atom is 0.131 e. The molecule has 0 spiro atoms. The van der Waals surface area contributed by atoms with E-state index in [4.69, 9.17) is 4.74 Å². The van der Waals surface area contributed by atoms with E-state index in [-0.39, 0.29) is 5.78 Å². The molecule has 3 nitrogen and oxygen atoms in total. The van der Waals surface area contributed by atoms with Gasteiger partial charge in [-0.2, -0.15) is 0 Å². The molecule has 3 heteroatoms. The Morgan fingerprint density at radius 2 is 2.33 bits per heavy atom. The number of rotatable bonds is 6. The van der Waals surface area contributed by atoms with Crippen molar-refractivity contribution in [3.05, 3.63) is 0 Å². The molecule has 0 radical (unpaired) electrons. The third-order valence-electron chi connectivity index (χ3n) is 3.07. The van der Waals surface area contributed by atoms with Crippen LogP contribution in [0.15, 0.2) is 0 Å². The summed E-state index contributed by atoms with van der Waals surface area (Å²) in [4.78, 5) is 13.4. The van der Waals surface area contributed by atoms with Crippen LogP contribution in [0.1, 0.15) is 40.0 Å². The maximum absolute atomic E-state index is 11.1. The second kappa shape index (κ2) is 6.23. The van der Waals surface area contributed by atoms with Gasteiger partial charge in [0.1, 0.15) is 5.78 Å². The Morgan fingerprint density at radius 3 is 2.80 bits per heavy atom. The summed E-state index contributed by atoms with van der Waals surface area (Å²) in [6.45, 7) is 8.81. The van der Waals surface area contributed by atoms with E-state index in [1.165, 1.54) is 12.8 Å². The van der Waals surface area contributed by atoms with Gasteiger partial charge in [-0.3, -0.25) is 9.69 Å². The molecule has 1 heterocycles. The lowest BCUT2D eigenvalue weighted by Crippen LogP contribution is -2.39. The first-order chi connectivity index (χ1) is 7.13. The van der Waals surface area contributed by atoms with E-state index in [0.29, 0.717) is 18.6 Å². The smallest absolute Gasteiger partial charge is 0.131 e. The summed E-state index contributed by atoms with van der Waals surface area (Å²) >= 11 is 0. The SMILES string of the molecule is CCN(CC1CCCO1)C(C)CC(C)=O. The van der Waals surface area contributed by atoms with E-state index < -0.39 is 0 Å². The minimum atomic E-state index is 0.272.